The first kappa shape index (κ1) is 19.0. The predicted molar refractivity (Wildman–Crippen MR) is 113 cm³/mol. The van der Waals surface area contributed by atoms with Gasteiger partial charge < -0.3 is 10.2 Å². The summed E-state index contributed by atoms with van der Waals surface area (Å²) in [6.45, 7) is 8.35. The van der Waals surface area contributed by atoms with Gasteiger partial charge in [0.15, 0.2) is 0 Å². The van der Waals surface area contributed by atoms with Crippen LogP contribution in [0.2, 0.25) is 0 Å². The van der Waals surface area contributed by atoms with Crippen molar-refractivity contribution in [3.63, 3.8) is 0 Å². The Labute approximate surface area is 159 Å². The van der Waals surface area contributed by atoms with Crippen molar-refractivity contribution in [3.8, 4) is 0 Å². The van der Waals surface area contributed by atoms with E-state index in [1.54, 1.807) is 0 Å². The number of benzene rings is 2. The van der Waals surface area contributed by atoms with Gasteiger partial charge in [-0.15, -0.1) is 0 Å². The normalized spacial score (nSPS) is 14.7. The number of nitrogens with one attached hydrogen (secondary N) is 1. The van der Waals surface area contributed by atoms with Crippen molar-refractivity contribution in [1.29, 1.82) is 0 Å². The number of hydrogen-bond donors (Lipinski definition) is 1. The van der Waals surface area contributed by atoms with Gasteiger partial charge in [-0.25, -0.2) is 0 Å². The number of rotatable bonds is 9. The average Bonchev–Trinajstić information content (AvgIpc) is 3.15. The Balaban J connectivity index is 1.40. The Kier molecular flexibility index (Phi) is 7.13. The largest absolute Gasteiger partial charge is 0.355 e. The first-order valence-electron chi connectivity index (χ1n) is 10.4. The molecule has 3 rings (SSSR count). The van der Waals surface area contributed by atoms with Crippen molar-refractivity contribution in [2.45, 2.75) is 58.8 Å². The molecule has 26 heavy (non-hydrogen) atoms. The lowest BCUT2D eigenvalue weighted by Crippen LogP contribution is -2.20. The van der Waals surface area contributed by atoms with Crippen LogP contribution in [0, 0.1) is 13.8 Å². The smallest absolute Gasteiger partial charge is 0.0414 e. The fourth-order valence-electron chi connectivity index (χ4n) is 3.90. The highest BCUT2D eigenvalue weighted by Gasteiger charge is 2.10. The second-order valence-electron chi connectivity index (χ2n) is 7.80. The Morgan fingerprint density at radius 1 is 0.808 bits per heavy atom. The van der Waals surface area contributed by atoms with E-state index in [0.717, 1.165) is 0 Å². The molecule has 1 aliphatic rings. The van der Waals surface area contributed by atoms with E-state index in [1.807, 2.05) is 0 Å². The van der Waals surface area contributed by atoms with Crippen LogP contribution >= 0.6 is 0 Å². The van der Waals surface area contributed by atoms with Gasteiger partial charge in [-0.1, -0.05) is 43.2 Å². The van der Waals surface area contributed by atoms with Crippen molar-refractivity contribution in [1.82, 2.24) is 4.90 Å². The molecule has 1 saturated heterocycles. The van der Waals surface area contributed by atoms with Crippen molar-refractivity contribution < 1.29 is 0 Å². The van der Waals surface area contributed by atoms with Crippen LogP contribution in [-0.4, -0.2) is 24.5 Å². The third-order valence-electron chi connectivity index (χ3n) is 5.59. The highest BCUT2D eigenvalue weighted by molar-refractivity contribution is 5.65. The summed E-state index contributed by atoms with van der Waals surface area (Å²) in [5.41, 5.74) is 6.50. The zero-order valence-corrected chi connectivity index (χ0v) is 16.6. The molecular formula is C24H34N2. The summed E-state index contributed by atoms with van der Waals surface area (Å²) in [7, 11) is 0. The van der Waals surface area contributed by atoms with Crippen LogP contribution < -0.4 is 5.32 Å². The molecule has 2 aromatic carbocycles. The van der Waals surface area contributed by atoms with Gasteiger partial charge in [0.05, 0.1) is 0 Å². The number of aryl methyl sites for hydroxylation is 3. The topological polar surface area (TPSA) is 15.3 Å². The first-order chi connectivity index (χ1) is 12.7. The molecule has 0 saturated carbocycles. The van der Waals surface area contributed by atoms with E-state index in [0.29, 0.717) is 0 Å². The molecule has 0 aromatic heterocycles. The molecule has 0 radical (unpaired) electrons. The number of nitrogens with zero attached hydrogens (tertiary/aromatic N) is 1. The number of unbranched alkanes of at least 4 members (excludes halogenated alkanes) is 3. The zero-order valence-electron chi connectivity index (χ0n) is 16.6. The van der Waals surface area contributed by atoms with Crippen LogP contribution in [0.3, 0.4) is 0 Å². The lowest BCUT2D eigenvalue weighted by Gasteiger charge is -2.14. The maximum absolute atomic E-state index is 3.57. The fourth-order valence-corrected chi connectivity index (χ4v) is 3.90. The summed E-state index contributed by atoms with van der Waals surface area (Å²) >= 11 is 0. The van der Waals surface area contributed by atoms with Crippen LogP contribution in [0.1, 0.15) is 55.2 Å². The molecular weight excluding hydrogens is 316 g/mol. The molecule has 0 atom stereocenters. The molecule has 0 spiro atoms. The predicted octanol–water partition coefficient (Wildman–Crippen LogP) is 6.25. The molecule has 0 unspecified atom stereocenters. The van der Waals surface area contributed by atoms with E-state index in [2.05, 4.69) is 66.5 Å². The van der Waals surface area contributed by atoms with E-state index in [1.165, 1.54) is 92.6 Å². The molecule has 2 heteroatoms. The molecule has 0 amide bonds. The zero-order chi connectivity index (χ0) is 18.2. The molecule has 1 heterocycles. The lowest BCUT2D eigenvalue weighted by atomic mass is 10.0. The van der Waals surface area contributed by atoms with Crippen LogP contribution in [0.4, 0.5) is 11.4 Å². The van der Waals surface area contributed by atoms with Crippen LogP contribution in [0.15, 0.2) is 42.5 Å². The van der Waals surface area contributed by atoms with Gasteiger partial charge in [-0.2, -0.15) is 0 Å². The van der Waals surface area contributed by atoms with Gasteiger partial charge >= 0.3 is 0 Å². The van der Waals surface area contributed by atoms with E-state index in [9.17, 15) is 0 Å². The number of likely N-dealkylation sites (tertiary alicyclic amines) is 1. The Morgan fingerprint density at radius 3 is 2.31 bits per heavy atom. The lowest BCUT2D eigenvalue weighted by molar-refractivity contribution is 0.328. The Morgan fingerprint density at radius 2 is 1.54 bits per heavy atom. The van der Waals surface area contributed by atoms with Crippen LogP contribution in [0.25, 0.3) is 0 Å². The minimum atomic E-state index is 1.20. The van der Waals surface area contributed by atoms with Crippen molar-refractivity contribution in [2.24, 2.45) is 0 Å². The molecule has 1 N–H and O–H groups in total. The molecule has 2 aromatic rings. The van der Waals surface area contributed by atoms with Crippen molar-refractivity contribution in [3.05, 3.63) is 59.2 Å². The minimum Gasteiger partial charge on any atom is -0.355 e. The van der Waals surface area contributed by atoms with E-state index in [4.69, 9.17) is 0 Å². The Bertz CT molecular complexity index is 686. The summed E-state index contributed by atoms with van der Waals surface area (Å²) < 4.78 is 0. The SMILES string of the molecule is Cc1ccccc1Nc1ccc(CCCCCCN2CCCC2)cc1C. The third-order valence-corrected chi connectivity index (χ3v) is 5.59. The van der Waals surface area contributed by atoms with Gasteiger partial charge in [-0.05, 0) is 94.4 Å². The minimum absolute atomic E-state index is 1.20. The second-order valence-corrected chi connectivity index (χ2v) is 7.80. The number of para-hydroxylation sites is 1. The standard InChI is InChI=1S/C24H34N2/c1-20-11-6-7-13-23(20)25-24-15-14-22(19-21(24)2)12-5-3-4-8-16-26-17-9-10-18-26/h6-7,11,13-15,19,25H,3-5,8-10,12,16-18H2,1-2H3. The number of hydrogen-bond acceptors (Lipinski definition) is 2. The maximum Gasteiger partial charge on any atom is 0.0414 e. The summed E-state index contributed by atoms with van der Waals surface area (Å²) in [6.07, 6.45) is 9.44. The average molecular weight is 351 g/mol. The number of anilines is 2. The summed E-state index contributed by atoms with van der Waals surface area (Å²) in [5.74, 6) is 0. The van der Waals surface area contributed by atoms with E-state index < -0.39 is 0 Å². The van der Waals surface area contributed by atoms with Crippen molar-refractivity contribution in [2.75, 3.05) is 25.0 Å². The highest BCUT2D eigenvalue weighted by atomic mass is 15.1. The van der Waals surface area contributed by atoms with Crippen molar-refractivity contribution >= 4 is 11.4 Å². The fraction of sp³-hybridized carbons (Fsp3) is 0.500. The molecule has 140 valence electrons. The van der Waals surface area contributed by atoms with Gasteiger partial charge in [0, 0.05) is 11.4 Å². The van der Waals surface area contributed by atoms with Crippen LogP contribution in [0.5, 0.6) is 0 Å². The van der Waals surface area contributed by atoms with Crippen LogP contribution in [-0.2, 0) is 6.42 Å². The molecule has 2 nitrogen and oxygen atoms in total. The van der Waals surface area contributed by atoms with Gasteiger partial charge in [0.1, 0.15) is 0 Å². The second kappa shape index (κ2) is 9.78. The van der Waals surface area contributed by atoms with Gasteiger partial charge in [0.25, 0.3) is 0 Å². The Hall–Kier alpha value is -1.80. The maximum atomic E-state index is 3.57. The molecule has 1 fully saturated rings. The third kappa shape index (κ3) is 5.60. The quantitative estimate of drug-likeness (QED) is 0.538. The monoisotopic (exact) mass is 350 g/mol. The first-order valence-corrected chi connectivity index (χ1v) is 10.4. The van der Waals surface area contributed by atoms with E-state index in [-0.39, 0.29) is 0 Å². The summed E-state index contributed by atoms with van der Waals surface area (Å²) in [5, 5.41) is 3.57. The summed E-state index contributed by atoms with van der Waals surface area (Å²) in [6, 6.07) is 15.3. The summed E-state index contributed by atoms with van der Waals surface area (Å²) in [4.78, 5) is 2.63. The van der Waals surface area contributed by atoms with Gasteiger partial charge in [0.2, 0.25) is 0 Å². The molecule has 0 bridgehead atoms. The molecule has 1 aliphatic heterocycles. The van der Waals surface area contributed by atoms with E-state index >= 15 is 0 Å². The highest BCUT2D eigenvalue weighted by Crippen LogP contribution is 2.24. The van der Waals surface area contributed by atoms with Gasteiger partial charge in [-0.3, -0.25) is 0 Å². The molecule has 0 aliphatic carbocycles.